The van der Waals surface area contributed by atoms with E-state index in [1.54, 1.807) is 0 Å². The number of likely N-dealkylation sites (tertiary alicyclic amines) is 1. The highest BCUT2D eigenvalue weighted by Crippen LogP contribution is 2.29. The van der Waals surface area contributed by atoms with E-state index in [9.17, 15) is 0 Å². The Morgan fingerprint density at radius 1 is 1.00 bits per heavy atom. The van der Waals surface area contributed by atoms with E-state index in [-0.39, 0.29) is 34.0 Å². The molecule has 1 aliphatic carbocycles. The predicted octanol–water partition coefficient (Wildman–Crippen LogP) is 6.03. The van der Waals surface area contributed by atoms with E-state index in [2.05, 4.69) is 22.9 Å². The standard InChI is InChI=1S/C19H28Cl2N2.2BrH/c1-22(13-10-15-8-9-16(20)17(21)14-15)18-6-2-3-7-19(18)23-11-4-5-12-23;;/h8-9,14,18-19H,2-7,10-13H2,1H3;2*1H/t18-,19+;;/m1../s1. The zero-order chi connectivity index (χ0) is 16.2. The van der Waals surface area contributed by atoms with Gasteiger partial charge < -0.3 is 4.90 Å². The first-order valence-corrected chi connectivity index (χ1v) is 9.79. The van der Waals surface area contributed by atoms with E-state index in [4.69, 9.17) is 23.2 Å². The van der Waals surface area contributed by atoms with Crippen molar-refractivity contribution in [1.29, 1.82) is 0 Å². The van der Waals surface area contributed by atoms with Gasteiger partial charge in [0, 0.05) is 18.6 Å². The average Bonchev–Trinajstić information content (AvgIpc) is 3.10. The Labute approximate surface area is 183 Å². The number of hydrogen-bond donors (Lipinski definition) is 0. The van der Waals surface area contributed by atoms with Crippen LogP contribution in [0, 0.1) is 0 Å². The molecule has 1 saturated carbocycles. The largest absolute Gasteiger partial charge is 0.302 e. The minimum atomic E-state index is 0. The molecule has 1 heterocycles. The van der Waals surface area contributed by atoms with Crippen molar-refractivity contribution in [3.8, 4) is 0 Å². The lowest BCUT2D eigenvalue weighted by atomic mass is 9.88. The van der Waals surface area contributed by atoms with Crippen molar-refractivity contribution < 1.29 is 0 Å². The van der Waals surface area contributed by atoms with Gasteiger partial charge in [-0.25, -0.2) is 0 Å². The zero-order valence-electron chi connectivity index (χ0n) is 14.9. The van der Waals surface area contributed by atoms with Crippen molar-refractivity contribution >= 4 is 57.2 Å². The molecule has 0 aromatic heterocycles. The van der Waals surface area contributed by atoms with Gasteiger partial charge in [0.1, 0.15) is 0 Å². The lowest BCUT2D eigenvalue weighted by Crippen LogP contribution is -2.51. The van der Waals surface area contributed by atoms with Crippen LogP contribution < -0.4 is 0 Å². The first kappa shape index (κ1) is 23.7. The molecule has 1 aromatic carbocycles. The van der Waals surface area contributed by atoms with Crippen LogP contribution in [-0.4, -0.2) is 48.6 Å². The molecule has 6 heteroatoms. The van der Waals surface area contributed by atoms with Gasteiger partial charge in [-0.1, -0.05) is 42.1 Å². The van der Waals surface area contributed by atoms with Crippen LogP contribution in [0.1, 0.15) is 44.1 Å². The highest BCUT2D eigenvalue weighted by molar-refractivity contribution is 8.93. The van der Waals surface area contributed by atoms with Crippen LogP contribution in [0.2, 0.25) is 10.0 Å². The minimum Gasteiger partial charge on any atom is -0.302 e. The smallest absolute Gasteiger partial charge is 0.0595 e. The molecule has 2 nitrogen and oxygen atoms in total. The molecule has 2 aliphatic rings. The Morgan fingerprint density at radius 3 is 2.36 bits per heavy atom. The lowest BCUT2D eigenvalue weighted by molar-refractivity contribution is 0.0771. The Morgan fingerprint density at radius 2 is 1.68 bits per heavy atom. The third kappa shape index (κ3) is 6.36. The zero-order valence-corrected chi connectivity index (χ0v) is 19.9. The fraction of sp³-hybridized carbons (Fsp3) is 0.684. The van der Waals surface area contributed by atoms with Crippen molar-refractivity contribution in [2.45, 2.75) is 57.0 Å². The van der Waals surface area contributed by atoms with Gasteiger partial charge in [0.25, 0.3) is 0 Å². The number of hydrogen-bond acceptors (Lipinski definition) is 2. The molecule has 0 radical (unpaired) electrons. The van der Waals surface area contributed by atoms with Gasteiger partial charge in [-0.2, -0.15) is 0 Å². The van der Waals surface area contributed by atoms with Gasteiger partial charge in [0.05, 0.1) is 10.0 Å². The second-order valence-electron chi connectivity index (χ2n) is 7.14. The number of benzene rings is 1. The highest BCUT2D eigenvalue weighted by Gasteiger charge is 2.33. The summed E-state index contributed by atoms with van der Waals surface area (Å²) in [5, 5.41) is 1.31. The van der Waals surface area contributed by atoms with Gasteiger partial charge in [-0.05, 0) is 69.9 Å². The number of halogens is 4. The minimum absolute atomic E-state index is 0. The third-order valence-electron chi connectivity index (χ3n) is 5.61. The maximum absolute atomic E-state index is 6.13. The summed E-state index contributed by atoms with van der Waals surface area (Å²) in [5.41, 5.74) is 1.28. The molecule has 1 aliphatic heterocycles. The van der Waals surface area contributed by atoms with Crippen molar-refractivity contribution in [3.05, 3.63) is 33.8 Å². The Hall–Kier alpha value is 0.680. The molecular weight excluding hydrogens is 487 g/mol. The Balaban J connectivity index is 0.00000156. The first-order chi connectivity index (χ1) is 11.1. The second-order valence-corrected chi connectivity index (χ2v) is 7.96. The molecule has 1 saturated heterocycles. The van der Waals surface area contributed by atoms with Crippen LogP contribution in [0.15, 0.2) is 18.2 Å². The predicted molar refractivity (Wildman–Crippen MR) is 120 cm³/mol. The van der Waals surface area contributed by atoms with Crippen LogP contribution in [0.25, 0.3) is 0 Å². The summed E-state index contributed by atoms with van der Waals surface area (Å²) < 4.78 is 0. The monoisotopic (exact) mass is 514 g/mol. The molecule has 2 fully saturated rings. The van der Waals surface area contributed by atoms with Crippen LogP contribution in [0.3, 0.4) is 0 Å². The molecule has 0 spiro atoms. The summed E-state index contributed by atoms with van der Waals surface area (Å²) in [5.74, 6) is 0. The summed E-state index contributed by atoms with van der Waals surface area (Å²) in [4.78, 5) is 5.34. The normalized spacial score (nSPS) is 24.0. The number of likely N-dealkylation sites (N-methyl/N-ethyl adjacent to an activating group) is 1. The Kier molecular flexibility index (Phi) is 10.9. The molecule has 25 heavy (non-hydrogen) atoms. The fourth-order valence-corrected chi connectivity index (χ4v) is 4.59. The quantitative estimate of drug-likeness (QED) is 0.471. The van der Waals surface area contributed by atoms with E-state index in [1.807, 2.05) is 12.1 Å². The van der Waals surface area contributed by atoms with E-state index in [1.165, 1.54) is 57.2 Å². The molecule has 0 bridgehead atoms. The summed E-state index contributed by atoms with van der Waals surface area (Å²) >= 11 is 12.1. The summed E-state index contributed by atoms with van der Waals surface area (Å²) in [6.07, 6.45) is 9.31. The topological polar surface area (TPSA) is 6.48 Å². The van der Waals surface area contributed by atoms with E-state index < -0.39 is 0 Å². The highest BCUT2D eigenvalue weighted by atomic mass is 79.9. The van der Waals surface area contributed by atoms with Crippen LogP contribution >= 0.6 is 57.2 Å². The molecule has 0 amide bonds. The second kappa shape index (κ2) is 11.5. The fourth-order valence-electron chi connectivity index (χ4n) is 4.27. The molecule has 144 valence electrons. The maximum atomic E-state index is 6.13. The molecule has 2 atom stereocenters. The Bertz CT molecular complexity index is 524. The van der Waals surface area contributed by atoms with Crippen LogP contribution in [0.4, 0.5) is 0 Å². The number of nitrogens with zero attached hydrogens (tertiary/aromatic N) is 2. The van der Waals surface area contributed by atoms with Gasteiger partial charge in [0.15, 0.2) is 0 Å². The molecule has 1 aromatic rings. The van der Waals surface area contributed by atoms with E-state index >= 15 is 0 Å². The maximum Gasteiger partial charge on any atom is 0.0595 e. The SMILES string of the molecule is Br.Br.CN(CCc1ccc(Cl)c(Cl)c1)[C@@H]1CCCC[C@@H]1N1CCCC1. The molecule has 3 rings (SSSR count). The van der Waals surface area contributed by atoms with Gasteiger partial charge >= 0.3 is 0 Å². The van der Waals surface area contributed by atoms with E-state index in [0.717, 1.165) is 19.0 Å². The summed E-state index contributed by atoms with van der Waals surface area (Å²) in [7, 11) is 2.30. The van der Waals surface area contributed by atoms with Crippen molar-refractivity contribution in [2.24, 2.45) is 0 Å². The van der Waals surface area contributed by atoms with Gasteiger partial charge in [0.2, 0.25) is 0 Å². The van der Waals surface area contributed by atoms with E-state index in [0.29, 0.717) is 16.1 Å². The molecule has 0 unspecified atom stereocenters. The summed E-state index contributed by atoms with van der Waals surface area (Å²) in [6.45, 7) is 3.70. The first-order valence-electron chi connectivity index (χ1n) is 9.03. The molecular formula is C19H30Br2Cl2N2. The van der Waals surface area contributed by atoms with Crippen molar-refractivity contribution in [2.75, 3.05) is 26.7 Å². The molecule has 0 N–H and O–H groups in total. The van der Waals surface area contributed by atoms with Crippen molar-refractivity contribution in [3.63, 3.8) is 0 Å². The van der Waals surface area contributed by atoms with Gasteiger partial charge in [-0.15, -0.1) is 34.0 Å². The third-order valence-corrected chi connectivity index (χ3v) is 6.35. The number of rotatable bonds is 5. The van der Waals surface area contributed by atoms with Crippen LogP contribution in [0.5, 0.6) is 0 Å². The van der Waals surface area contributed by atoms with Crippen LogP contribution in [-0.2, 0) is 6.42 Å². The average molecular weight is 517 g/mol. The lowest BCUT2D eigenvalue weighted by Gasteiger charge is -2.42. The summed E-state index contributed by atoms with van der Waals surface area (Å²) in [6, 6.07) is 7.50. The van der Waals surface area contributed by atoms with Gasteiger partial charge in [-0.3, -0.25) is 4.90 Å². The van der Waals surface area contributed by atoms with Crippen molar-refractivity contribution in [1.82, 2.24) is 9.80 Å².